The van der Waals surface area contributed by atoms with Gasteiger partial charge in [0.25, 0.3) is 0 Å². The third kappa shape index (κ3) is 2.14. The maximum absolute atomic E-state index is 4.51. The SMILES string of the molecule is Cc1nc(N2CC(C)CC2C)ncc1Br. The van der Waals surface area contributed by atoms with Crippen molar-refractivity contribution < 1.29 is 0 Å². The number of halogens is 1. The molecule has 2 unspecified atom stereocenters. The van der Waals surface area contributed by atoms with E-state index in [0.717, 1.165) is 28.6 Å². The number of anilines is 1. The lowest BCUT2D eigenvalue weighted by Gasteiger charge is -2.21. The third-order valence-corrected chi connectivity index (χ3v) is 3.73. The molecule has 0 radical (unpaired) electrons. The fourth-order valence-corrected chi connectivity index (χ4v) is 2.35. The predicted molar refractivity (Wildman–Crippen MR) is 65.1 cm³/mol. The molecule has 0 aromatic carbocycles. The molecule has 0 spiro atoms. The van der Waals surface area contributed by atoms with Crippen LogP contribution in [0.3, 0.4) is 0 Å². The second-order valence-electron chi connectivity index (χ2n) is 4.45. The molecule has 0 N–H and O–H groups in total. The fourth-order valence-electron chi connectivity index (χ4n) is 2.16. The first-order valence-electron chi connectivity index (χ1n) is 5.33. The number of aromatic nitrogens is 2. The van der Waals surface area contributed by atoms with Gasteiger partial charge in [-0.2, -0.15) is 0 Å². The van der Waals surface area contributed by atoms with E-state index < -0.39 is 0 Å². The van der Waals surface area contributed by atoms with E-state index in [1.54, 1.807) is 0 Å². The van der Waals surface area contributed by atoms with Crippen molar-refractivity contribution in [3.05, 3.63) is 16.4 Å². The van der Waals surface area contributed by atoms with E-state index in [1.807, 2.05) is 13.1 Å². The minimum atomic E-state index is 0.556. The Hall–Kier alpha value is -0.640. The van der Waals surface area contributed by atoms with Crippen molar-refractivity contribution in [2.24, 2.45) is 5.92 Å². The maximum atomic E-state index is 4.51. The molecule has 0 aliphatic carbocycles. The lowest BCUT2D eigenvalue weighted by Crippen LogP contribution is -2.28. The molecule has 2 atom stereocenters. The van der Waals surface area contributed by atoms with Crippen molar-refractivity contribution in [2.45, 2.75) is 33.2 Å². The van der Waals surface area contributed by atoms with Crippen LogP contribution >= 0.6 is 15.9 Å². The van der Waals surface area contributed by atoms with Crippen molar-refractivity contribution in [3.63, 3.8) is 0 Å². The molecule has 15 heavy (non-hydrogen) atoms. The van der Waals surface area contributed by atoms with E-state index in [1.165, 1.54) is 6.42 Å². The number of hydrogen-bond acceptors (Lipinski definition) is 3. The van der Waals surface area contributed by atoms with Crippen LogP contribution in [0.5, 0.6) is 0 Å². The van der Waals surface area contributed by atoms with E-state index in [9.17, 15) is 0 Å². The van der Waals surface area contributed by atoms with Gasteiger partial charge in [-0.3, -0.25) is 0 Å². The highest BCUT2D eigenvalue weighted by atomic mass is 79.9. The first-order valence-corrected chi connectivity index (χ1v) is 6.13. The molecule has 1 aromatic heterocycles. The highest BCUT2D eigenvalue weighted by Crippen LogP contribution is 2.27. The van der Waals surface area contributed by atoms with Crippen LogP contribution in [0.25, 0.3) is 0 Å². The molecule has 0 amide bonds. The summed E-state index contributed by atoms with van der Waals surface area (Å²) in [5.74, 6) is 1.61. The zero-order chi connectivity index (χ0) is 11.0. The minimum absolute atomic E-state index is 0.556. The second-order valence-corrected chi connectivity index (χ2v) is 5.30. The van der Waals surface area contributed by atoms with E-state index in [4.69, 9.17) is 0 Å². The van der Waals surface area contributed by atoms with Gasteiger partial charge in [0.15, 0.2) is 0 Å². The van der Waals surface area contributed by atoms with Crippen LogP contribution in [0, 0.1) is 12.8 Å². The molecule has 2 rings (SSSR count). The van der Waals surface area contributed by atoms with Gasteiger partial charge in [0.1, 0.15) is 0 Å². The monoisotopic (exact) mass is 269 g/mol. The van der Waals surface area contributed by atoms with Crippen molar-refractivity contribution in [3.8, 4) is 0 Å². The van der Waals surface area contributed by atoms with Gasteiger partial charge in [-0.1, -0.05) is 6.92 Å². The summed E-state index contributed by atoms with van der Waals surface area (Å²) >= 11 is 3.42. The molecule has 0 saturated carbocycles. The highest BCUT2D eigenvalue weighted by Gasteiger charge is 2.27. The average Bonchev–Trinajstić information content (AvgIpc) is 2.50. The van der Waals surface area contributed by atoms with Gasteiger partial charge in [-0.15, -0.1) is 0 Å². The summed E-state index contributed by atoms with van der Waals surface area (Å²) in [7, 11) is 0. The summed E-state index contributed by atoms with van der Waals surface area (Å²) in [4.78, 5) is 11.2. The first-order chi connectivity index (χ1) is 7.08. The quantitative estimate of drug-likeness (QED) is 0.785. The molecule has 1 fully saturated rings. The van der Waals surface area contributed by atoms with E-state index in [0.29, 0.717) is 6.04 Å². The molecular weight excluding hydrogens is 254 g/mol. The van der Waals surface area contributed by atoms with Crippen LogP contribution in [0.4, 0.5) is 5.95 Å². The van der Waals surface area contributed by atoms with Crippen LogP contribution in [0.15, 0.2) is 10.7 Å². The average molecular weight is 270 g/mol. The van der Waals surface area contributed by atoms with Crippen LogP contribution in [-0.4, -0.2) is 22.6 Å². The zero-order valence-corrected chi connectivity index (χ0v) is 11.0. The van der Waals surface area contributed by atoms with Gasteiger partial charge >= 0.3 is 0 Å². The minimum Gasteiger partial charge on any atom is -0.338 e. The molecule has 1 saturated heterocycles. The normalized spacial score (nSPS) is 26.0. The van der Waals surface area contributed by atoms with Crippen LogP contribution < -0.4 is 4.90 Å². The Morgan fingerprint density at radius 1 is 1.47 bits per heavy atom. The Morgan fingerprint density at radius 3 is 2.73 bits per heavy atom. The zero-order valence-electron chi connectivity index (χ0n) is 9.37. The highest BCUT2D eigenvalue weighted by molar-refractivity contribution is 9.10. The summed E-state index contributed by atoms with van der Waals surface area (Å²) < 4.78 is 0.978. The molecule has 82 valence electrons. The number of rotatable bonds is 1. The summed E-state index contributed by atoms with van der Waals surface area (Å²) in [5, 5.41) is 0. The van der Waals surface area contributed by atoms with Crippen molar-refractivity contribution in [1.82, 2.24) is 9.97 Å². The van der Waals surface area contributed by atoms with Crippen LogP contribution in [0.2, 0.25) is 0 Å². The standard InChI is InChI=1S/C11H16BrN3/c1-7-4-8(2)15(6-7)11-13-5-10(12)9(3)14-11/h5,7-8H,4,6H2,1-3H3. The first kappa shape index (κ1) is 10.9. The molecule has 1 aliphatic rings. The number of nitrogens with zero attached hydrogens (tertiary/aromatic N) is 3. The van der Waals surface area contributed by atoms with Crippen molar-refractivity contribution in [1.29, 1.82) is 0 Å². The largest absolute Gasteiger partial charge is 0.338 e. The molecule has 1 aromatic rings. The lowest BCUT2D eigenvalue weighted by atomic mass is 10.1. The van der Waals surface area contributed by atoms with Gasteiger partial charge in [0.05, 0.1) is 10.2 Å². The molecule has 4 heteroatoms. The molecule has 3 nitrogen and oxygen atoms in total. The summed E-state index contributed by atoms with van der Waals surface area (Å²) in [6.07, 6.45) is 3.08. The van der Waals surface area contributed by atoms with Crippen LogP contribution in [0.1, 0.15) is 26.0 Å². The molecular formula is C11H16BrN3. The number of hydrogen-bond donors (Lipinski definition) is 0. The lowest BCUT2D eigenvalue weighted by molar-refractivity contribution is 0.624. The van der Waals surface area contributed by atoms with Crippen molar-refractivity contribution >= 4 is 21.9 Å². The Balaban J connectivity index is 2.26. The Bertz CT molecular complexity index is 367. The molecule has 1 aliphatic heterocycles. The summed E-state index contributed by atoms with van der Waals surface area (Å²) in [5.41, 5.74) is 1.01. The summed E-state index contributed by atoms with van der Waals surface area (Å²) in [6, 6.07) is 0.556. The second kappa shape index (κ2) is 4.08. The fraction of sp³-hybridized carbons (Fsp3) is 0.636. The van der Waals surface area contributed by atoms with E-state index >= 15 is 0 Å². The number of aryl methyl sites for hydroxylation is 1. The van der Waals surface area contributed by atoms with Gasteiger partial charge < -0.3 is 4.90 Å². The smallest absolute Gasteiger partial charge is 0.225 e. The van der Waals surface area contributed by atoms with Gasteiger partial charge in [0, 0.05) is 18.8 Å². The van der Waals surface area contributed by atoms with Gasteiger partial charge in [-0.25, -0.2) is 9.97 Å². The van der Waals surface area contributed by atoms with E-state index in [-0.39, 0.29) is 0 Å². The summed E-state index contributed by atoms with van der Waals surface area (Å²) in [6.45, 7) is 7.59. The maximum Gasteiger partial charge on any atom is 0.225 e. The molecule has 2 heterocycles. The van der Waals surface area contributed by atoms with Gasteiger partial charge in [0.2, 0.25) is 5.95 Å². The Labute approximate surface area is 99.0 Å². The Morgan fingerprint density at radius 2 is 2.20 bits per heavy atom. The van der Waals surface area contributed by atoms with E-state index in [2.05, 4.69) is 44.6 Å². The Kier molecular flexibility index (Phi) is 2.96. The molecule has 0 bridgehead atoms. The van der Waals surface area contributed by atoms with Gasteiger partial charge in [-0.05, 0) is 42.1 Å². The van der Waals surface area contributed by atoms with Crippen LogP contribution in [-0.2, 0) is 0 Å². The third-order valence-electron chi connectivity index (χ3n) is 2.95. The van der Waals surface area contributed by atoms with Crippen molar-refractivity contribution in [2.75, 3.05) is 11.4 Å². The predicted octanol–water partition coefficient (Wildman–Crippen LogP) is 2.78. The topological polar surface area (TPSA) is 29.0 Å².